The van der Waals surface area contributed by atoms with Crippen LogP contribution in [0.25, 0.3) is 11.0 Å². The van der Waals surface area contributed by atoms with Crippen LogP contribution in [0.15, 0.2) is 48.5 Å². The smallest absolute Gasteiger partial charge is 0.208 e. The van der Waals surface area contributed by atoms with Crippen LogP contribution in [0, 0.1) is 0 Å². The van der Waals surface area contributed by atoms with Crippen molar-refractivity contribution in [3.8, 4) is 5.75 Å². The maximum Gasteiger partial charge on any atom is 0.208 e. The number of rotatable bonds is 5. The fourth-order valence-electron chi connectivity index (χ4n) is 2.20. The highest BCUT2D eigenvalue weighted by molar-refractivity contribution is 5.79. The molecule has 3 aromatic rings. The van der Waals surface area contributed by atoms with Crippen LogP contribution in [0.3, 0.4) is 0 Å². The van der Waals surface area contributed by atoms with Crippen molar-refractivity contribution in [2.75, 3.05) is 18.5 Å². The van der Waals surface area contributed by atoms with Crippen molar-refractivity contribution in [1.82, 2.24) is 9.55 Å². The number of benzene rings is 2. The minimum Gasteiger partial charge on any atom is -0.492 e. The molecule has 0 aliphatic rings. The topological polar surface area (TPSA) is 65.1 Å². The average molecular weight is 282 g/mol. The van der Waals surface area contributed by atoms with E-state index in [2.05, 4.69) is 16.4 Å². The van der Waals surface area contributed by atoms with Gasteiger partial charge >= 0.3 is 0 Å². The fourth-order valence-corrected chi connectivity index (χ4v) is 2.20. The molecule has 5 nitrogen and oxygen atoms in total. The van der Waals surface area contributed by atoms with E-state index in [1.54, 1.807) is 0 Å². The lowest BCUT2D eigenvalue weighted by molar-refractivity contribution is 0.328. The summed E-state index contributed by atoms with van der Waals surface area (Å²) in [6, 6.07) is 15.8. The zero-order valence-corrected chi connectivity index (χ0v) is 11.9. The van der Waals surface area contributed by atoms with Gasteiger partial charge < -0.3 is 20.4 Å². The van der Waals surface area contributed by atoms with Gasteiger partial charge in [-0.3, -0.25) is 0 Å². The van der Waals surface area contributed by atoms with Gasteiger partial charge in [-0.1, -0.05) is 12.1 Å². The molecule has 0 saturated carbocycles. The third-order valence-corrected chi connectivity index (χ3v) is 3.28. The zero-order valence-electron chi connectivity index (χ0n) is 11.9. The summed E-state index contributed by atoms with van der Waals surface area (Å²) in [5, 5.41) is 3.32. The molecular weight excluding hydrogens is 264 g/mol. The summed E-state index contributed by atoms with van der Waals surface area (Å²) in [6.07, 6.45) is 0. The van der Waals surface area contributed by atoms with Crippen molar-refractivity contribution >= 4 is 22.7 Å². The van der Waals surface area contributed by atoms with Crippen LogP contribution in [-0.2, 0) is 7.05 Å². The van der Waals surface area contributed by atoms with Crippen molar-refractivity contribution in [2.45, 2.75) is 0 Å². The lowest BCUT2D eigenvalue weighted by Gasteiger charge is -2.08. The van der Waals surface area contributed by atoms with E-state index in [1.807, 2.05) is 54.1 Å². The van der Waals surface area contributed by atoms with Gasteiger partial charge in [-0.15, -0.1) is 0 Å². The zero-order chi connectivity index (χ0) is 14.7. The lowest BCUT2D eigenvalue weighted by atomic mass is 10.3. The van der Waals surface area contributed by atoms with Crippen LogP contribution in [0.2, 0.25) is 0 Å². The molecule has 0 atom stereocenters. The second-order valence-corrected chi connectivity index (χ2v) is 4.77. The third kappa shape index (κ3) is 2.83. The molecule has 108 valence electrons. The Morgan fingerprint density at radius 1 is 1.14 bits per heavy atom. The fraction of sp³-hybridized carbons (Fsp3) is 0.188. The van der Waals surface area contributed by atoms with Crippen molar-refractivity contribution < 1.29 is 4.74 Å². The standard InChI is InChI=1S/C16H18N4O/c1-20-15-5-3-2-4-14(15)19-16(20)18-12-6-8-13(9-7-12)21-11-10-17/h2-9H,10-11,17H2,1H3,(H,18,19). The second-order valence-electron chi connectivity index (χ2n) is 4.77. The summed E-state index contributed by atoms with van der Waals surface area (Å²) in [6.45, 7) is 1.04. The molecular formula is C16H18N4O. The SMILES string of the molecule is Cn1c(Nc2ccc(OCCN)cc2)nc2ccccc21. The van der Waals surface area contributed by atoms with E-state index in [0.29, 0.717) is 13.2 Å². The van der Waals surface area contributed by atoms with E-state index < -0.39 is 0 Å². The number of para-hydroxylation sites is 2. The predicted octanol–water partition coefficient (Wildman–Crippen LogP) is 2.65. The van der Waals surface area contributed by atoms with Gasteiger partial charge in [0.15, 0.2) is 0 Å². The highest BCUT2D eigenvalue weighted by Crippen LogP contribution is 2.22. The molecule has 0 aliphatic carbocycles. The first-order chi connectivity index (χ1) is 10.3. The van der Waals surface area contributed by atoms with E-state index in [-0.39, 0.29) is 0 Å². The van der Waals surface area contributed by atoms with Gasteiger partial charge in [0.2, 0.25) is 5.95 Å². The largest absolute Gasteiger partial charge is 0.492 e. The molecule has 0 fully saturated rings. The summed E-state index contributed by atoms with van der Waals surface area (Å²) in [5.41, 5.74) is 8.46. The van der Waals surface area contributed by atoms with Gasteiger partial charge in [0.25, 0.3) is 0 Å². The maximum atomic E-state index is 5.46. The molecule has 1 aromatic heterocycles. The summed E-state index contributed by atoms with van der Waals surface area (Å²) >= 11 is 0. The lowest BCUT2D eigenvalue weighted by Crippen LogP contribution is -2.10. The number of ether oxygens (including phenoxy) is 1. The van der Waals surface area contributed by atoms with Crippen molar-refractivity contribution in [3.63, 3.8) is 0 Å². The van der Waals surface area contributed by atoms with Crippen LogP contribution in [0.4, 0.5) is 11.6 Å². The van der Waals surface area contributed by atoms with Gasteiger partial charge in [-0.2, -0.15) is 0 Å². The molecule has 21 heavy (non-hydrogen) atoms. The van der Waals surface area contributed by atoms with Gasteiger partial charge in [0.05, 0.1) is 11.0 Å². The number of fused-ring (bicyclic) bond motifs is 1. The number of nitrogens with two attached hydrogens (primary N) is 1. The van der Waals surface area contributed by atoms with Crippen molar-refractivity contribution in [2.24, 2.45) is 12.8 Å². The summed E-state index contributed by atoms with van der Waals surface area (Å²) in [4.78, 5) is 4.58. The van der Waals surface area contributed by atoms with E-state index in [1.165, 1.54) is 0 Å². The Labute approximate surface area is 123 Å². The number of nitrogens with zero attached hydrogens (tertiary/aromatic N) is 2. The summed E-state index contributed by atoms with van der Waals surface area (Å²) in [7, 11) is 2.00. The molecule has 0 amide bonds. The molecule has 3 rings (SSSR count). The molecule has 5 heteroatoms. The van der Waals surface area contributed by atoms with E-state index in [0.717, 1.165) is 28.4 Å². The molecule has 2 aromatic carbocycles. The molecule has 0 radical (unpaired) electrons. The van der Waals surface area contributed by atoms with E-state index >= 15 is 0 Å². The van der Waals surface area contributed by atoms with Crippen molar-refractivity contribution in [3.05, 3.63) is 48.5 Å². The molecule has 3 N–H and O–H groups in total. The van der Waals surface area contributed by atoms with Crippen LogP contribution < -0.4 is 15.8 Å². The summed E-state index contributed by atoms with van der Waals surface area (Å²) in [5.74, 6) is 1.63. The molecule has 1 heterocycles. The van der Waals surface area contributed by atoms with Gasteiger partial charge in [-0.05, 0) is 36.4 Å². The van der Waals surface area contributed by atoms with Crippen LogP contribution >= 0.6 is 0 Å². The Morgan fingerprint density at radius 3 is 2.62 bits per heavy atom. The summed E-state index contributed by atoms with van der Waals surface area (Å²) < 4.78 is 7.49. The van der Waals surface area contributed by atoms with Gasteiger partial charge in [0, 0.05) is 19.3 Å². The average Bonchev–Trinajstić information content (AvgIpc) is 2.83. The Morgan fingerprint density at radius 2 is 1.90 bits per heavy atom. The number of hydrogen-bond donors (Lipinski definition) is 2. The monoisotopic (exact) mass is 282 g/mol. The minimum atomic E-state index is 0.514. The number of anilines is 2. The number of imidazole rings is 1. The number of aryl methyl sites for hydroxylation is 1. The number of aromatic nitrogens is 2. The van der Waals surface area contributed by atoms with Crippen LogP contribution in [0.1, 0.15) is 0 Å². The molecule has 0 spiro atoms. The van der Waals surface area contributed by atoms with E-state index in [4.69, 9.17) is 10.5 Å². The molecule has 0 saturated heterocycles. The highest BCUT2D eigenvalue weighted by atomic mass is 16.5. The van der Waals surface area contributed by atoms with Crippen LogP contribution in [0.5, 0.6) is 5.75 Å². The quantitative estimate of drug-likeness (QED) is 0.755. The first-order valence-electron chi connectivity index (χ1n) is 6.89. The first kappa shape index (κ1) is 13.5. The van der Waals surface area contributed by atoms with Crippen molar-refractivity contribution in [1.29, 1.82) is 0 Å². The van der Waals surface area contributed by atoms with Crippen LogP contribution in [-0.4, -0.2) is 22.7 Å². The molecule has 0 unspecified atom stereocenters. The Hall–Kier alpha value is -2.53. The Bertz CT molecular complexity index is 734. The van der Waals surface area contributed by atoms with Gasteiger partial charge in [-0.25, -0.2) is 4.98 Å². The minimum absolute atomic E-state index is 0.514. The third-order valence-electron chi connectivity index (χ3n) is 3.28. The molecule has 0 aliphatic heterocycles. The number of hydrogen-bond acceptors (Lipinski definition) is 4. The number of nitrogens with one attached hydrogen (secondary N) is 1. The van der Waals surface area contributed by atoms with E-state index in [9.17, 15) is 0 Å². The predicted molar refractivity (Wildman–Crippen MR) is 85.0 cm³/mol. The Kier molecular flexibility index (Phi) is 3.75. The first-order valence-corrected chi connectivity index (χ1v) is 6.89. The molecule has 0 bridgehead atoms. The highest BCUT2D eigenvalue weighted by Gasteiger charge is 2.06. The second kappa shape index (κ2) is 5.85. The Balaban J connectivity index is 1.80. The maximum absolute atomic E-state index is 5.46. The van der Waals surface area contributed by atoms with Gasteiger partial charge in [0.1, 0.15) is 12.4 Å². The normalized spacial score (nSPS) is 10.8.